The number of esters is 1. The molecule has 2 amide bonds. The van der Waals surface area contributed by atoms with Gasteiger partial charge in [-0.1, -0.05) is 11.3 Å². The number of nitrogens with one attached hydrogen (secondary N) is 3. The standard InChI is InChI=1S/C15H19N5O4S2/c1-9(21)18-15-19-11(8-25-15)6-12(23)20-14-17-7-13(26-14)16-4-3-5-24-10(2)22/h7-8,16H,3-6H2,1-2H3,(H,17,20,23)(H,18,19,21). The van der Waals surface area contributed by atoms with Crippen molar-refractivity contribution in [1.29, 1.82) is 0 Å². The molecule has 0 aliphatic carbocycles. The Bertz CT molecular complexity index is 774. The lowest BCUT2D eigenvalue weighted by Gasteiger charge is -2.03. The molecule has 9 nitrogen and oxygen atoms in total. The maximum Gasteiger partial charge on any atom is 0.302 e. The first-order valence-electron chi connectivity index (χ1n) is 7.77. The van der Waals surface area contributed by atoms with Crippen molar-refractivity contribution < 1.29 is 19.1 Å². The van der Waals surface area contributed by atoms with Gasteiger partial charge in [-0.25, -0.2) is 9.97 Å². The van der Waals surface area contributed by atoms with E-state index in [0.717, 1.165) is 5.00 Å². The average Bonchev–Trinajstić information content (AvgIpc) is 3.15. The SMILES string of the molecule is CC(=O)Nc1nc(CC(=O)Nc2ncc(NCCCOC(C)=O)s2)cs1. The molecule has 2 aromatic rings. The number of nitrogens with zero attached hydrogens (tertiary/aromatic N) is 2. The predicted molar refractivity (Wildman–Crippen MR) is 101 cm³/mol. The number of rotatable bonds is 9. The highest BCUT2D eigenvalue weighted by molar-refractivity contribution is 7.19. The highest BCUT2D eigenvalue weighted by atomic mass is 32.1. The minimum absolute atomic E-state index is 0.0980. The first-order chi connectivity index (χ1) is 12.4. The number of carbonyl (C=O) groups excluding carboxylic acids is 3. The van der Waals surface area contributed by atoms with Crippen LogP contribution < -0.4 is 16.0 Å². The monoisotopic (exact) mass is 397 g/mol. The molecule has 0 unspecified atom stereocenters. The fourth-order valence-electron chi connectivity index (χ4n) is 1.84. The number of ether oxygens (including phenoxy) is 1. The first-order valence-corrected chi connectivity index (χ1v) is 9.47. The van der Waals surface area contributed by atoms with Gasteiger partial charge in [-0.2, -0.15) is 0 Å². The zero-order valence-corrected chi connectivity index (χ0v) is 16.0. The summed E-state index contributed by atoms with van der Waals surface area (Å²) < 4.78 is 4.84. The molecular formula is C15H19N5O4S2. The molecule has 11 heteroatoms. The maximum atomic E-state index is 12.0. The maximum absolute atomic E-state index is 12.0. The molecule has 0 aliphatic heterocycles. The highest BCUT2D eigenvalue weighted by Crippen LogP contribution is 2.23. The highest BCUT2D eigenvalue weighted by Gasteiger charge is 2.11. The van der Waals surface area contributed by atoms with Crippen LogP contribution in [0.5, 0.6) is 0 Å². The molecular weight excluding hydrogens is 378 g/mol. The van der Waals surface area contributed by atoms with Crippen molar-refractivity contribution in [3.63, 3.8) is 0 Å². The Labute approximate surface area is 158 Å². The van der Waals surface area contributed by atoms with E-state index >= 15 is 0 Å². The molecule has 0 saturated carbocycles. The van der Waals surface area contributed by atoms with Crippen molar-refractivity contribution in [2.24, 2.45) is 0 Å². The van der Waals surface area contributed by atoms with Crippen LogP contribution >= 0.6 is 22.7 Å². The Morgan fingerprint density at radius 3 is 2.73 bits per heavy atom. The number of anilines is 3. The Balaban J connectivity index is 1.73. The van der Waals surface area contributed by atoms with Crippen molar-refractivity contribution >= 4 is 55.7 Å². The van der Waals surface area contributed by atoms with E-state index in [2.05, 4.69) is 25.9 Å². The van der Waals surface area contributed by atoms with Crippen LogP contribution in [0.1, 0.15) is 26.0 Å². The van der Waals surface area contributed by atoms with E-state index < -0.39 is 0 Å². The third-order valence-electron chi connectivity index (χ3n) is 2.85. The topological polar surface area (TPSA) is 122 Å². The van der Waals surface area contributed by atoms with Crippen LogP contribution in [0, 0.1) is 0 Å². The van der Waals surface area contributed by atoms with Gasteiger partial charge in [-0.15, -0.1) is 11.3 Å². The Kier molecular flexibility index (Phi) is 7.48. The molecule has 2 heterocycles. The summed E-state index contributed by atoms with van der Waals surface area (Å²) in [5, 5.41) is 11.9. The Hall–Kier alpha value is -2.53. The molecule has 0 saturated heterocycles. The van der Waals surface area contributed by atoms with Gasteiger partial charge in [-0.3, -0.25) is 14.4 Å². The van der Waals surface area contributed by atoms with Crippen molar-refractivity contribution in [1.82, 2.24) is 9.97 Å². The van der Waals surface area contributed by atoms with Gasteiger partial charge in [0.2, 0.25) is 11.8 Å². The molecule has 0 atom stereocenters. The van der Waals surface area contributed by atoms with E-state index in [4.69, 9.17) is 4.74 Å². The van der Waals surface area contributed by atoms with Gasteiger partial charge in [0.1, 0.15) is 5.00 Å². The summed E-state index contributed by atoms with van der Waals surface area (Å²) in [7, 11) is 0. The Morgan fingerprint density at radius 1 is 1.19 bits per heavy atom. The fraction of sp³-hybridized carbons (Fsp3) is 0.400. The van der Waals surface area contributed by atoms with Crippen molar-refractivity contribution in [3.8, 4) is 0 Å². The minimum atomic E-state index is -0.294. The van der Waals surface area contributed by atoms with Gasteiger partial charge in [0, 0.05) is 25.8 Å². The van der Waals surface area contributed by atoms with E-state index in [1.54, 1.807) is 11.6 Å². The van der Waals surface area contributed by atoms with E-state index in [0.29, 0.717) is 35.5 Å². The summed E-state index contributed by atoms with van der Waals surface area (Å²) in [5.74, 6) is -0.733. The van der Waals surface area contributed by atoms with E-state index in [-0.39, 0.29) is 24.2 Å². The summed E-state index contributed by atoms with van der Waals surface area (Å²) in [4.78, 5) is 42.0. The molecule has 2 aromatic heterocycles. The molecule has 0 aromatic carbocycles. The van der Waals surface area contributed by atoms with Crippen molar-refractivity contribution in [3.05, 3.63) is 17.3 Å². The van der Waals surface area contributed by atoms with Gasteiger partial charge >= 0.3 is 5.97 Å². The number of hydrogen-bond acceptors (Lipinski definition) is 9. The lowest BCUT2D eigenvalue weighted by atomic mass is 10.3. The van der Waals surface area contributed by atoms with Gasteiger partial charge < -0.3 is 20.7 Å². The number of hydrogen-bond donors (Lipinski definition) is 3. The average molecular weight is 397 g/mol. The van der Waals surface area contributed by atoms with Crippen molar-refractivity contribution in [2.45, 2.75) is 26.7 Å². The number of carbonyl (C=O) groups is 3. The van der Waals surface area contributed by atoms with Crippen LogP contribution in [-0.4, -0.2) is 40.9 Å². The molecule has 0 aliphatic rings. The van der Waals surface area contributed by atoms with E-state index in [1.807, 2.05) is 0 Å². The van der Waals surface area contributed by atoms with Gasteiger partial charge in [0.05, 0.1) is 24.9 Å². The number of thiazole rings is 2. The third-order valence-corrected chi connectivity index (χ3v) is 4.53. The molecule has 140 valence electrons. The fourth-order valence-corrected chi connectivity index (χ4v) is 3.35. The third kappa shape index (κ3) is 7.15. The minimum Gasteiger partial charge on any atom is -0.466 e. The summed E-state index contributed by atoms with van der Waals surface area (Å²) >= 11 is 2.58. The summed E-state index contributed by atoms with van der Waals surface area (Å²) in [6.07, 6.45) is 2.41. The van der Waals surface area contributed by atoms with Gasteiger partial charge in [0.15, 0.2) is 10.3 Å². The van der Waals surface area contributed by atoms with E-state index in [1.165, 1.54) is 36.5 Å². The lowest BCUT2D eigenvalue weighted by molar-refractivity contribution is -0.141. The molecule has 0 radical (unpaired) electrons. The quantitative estimate of drug-likeness (QED) is 0.437. The molecule has 2 rings (SSSR count). The van der Waals surface area contributed by atoms with Crippen LogP contribution in [0.15, 0.2) is 11.6 Å². The smallest absolute Gasteiger partial charge is 0.302 e. The second-order valence-electron chi connectivity index (χ2n) is 5.20. The number of aromatic nitrogens is 2. The summed E-state index contributed by atoms with van der Waals surface area (Å²) in [6, 6.07) is 0. The van der Waals surface area contributed by atoms with Gasteiger partial charge in [-0.05, 0) is 6.42 Å². The molecule has 0 spiro atoms. The van der Waals surface area contributed by atoms with Crippen LogP contribution in [0.2, 0.25) is 0 Å². The Morgan fingerprint density at radius 2 is 2.00 bits per heavy atom. The molecule has 3 N–H and O–H groups in total. The number of amides is 2. The molecule has 26 heavy (non-hydrogen) atoms. The van der Waals surface area contributed by atoms with Gasteiger partial charge in [0.25, 0.3) is 0 Å². The van der Waals surface area contributed by atoms with Crippen molar-refractivity contribution in [2.75, 3.05) is 29.1 Å². The summed E-state index contributed by atoms with van der Waals surface area (Å²) in [6.45, 7) is 3.77. The predicted octanol–water partition coefficient (Wildman–Crippen LogP) is 2.10. The zero-order valence-electron chi connectivity index (χ0n) is 14.3. The second-order valence-corrected chi connectivity index (χ2v) is 7.09. The lowest BCUT2D eigenvalue weighted by Crippen LogP contribution is -2.14. The molecule has 0 bridgehead atoms. The largest absolute Gasteiger partial charge is 0.466 e. The first kappa shape index (κ1) is 19.8. The van der Waals surface area contributed by atoms with E-state index in [9.17, 15) is 14.4 Å². The second kappa shape index (κ2) is 9.82. The molecule has 0 fully saturated rings. The summed E-state index contributed by atoms with van der Waals surface area (Å²) in [5.41, 5.74) is 0.580. The van der Waals surface area contributed by atoms with Crippen LogP contribution in [0.4, 0.5) is 15.3 Å². The van der Waals surface area contributed by atoms with Crippen LogP contribution in [0.25, 0.3) is 0 Å². The van der Waals surface area contributed by atoms with Crippen LogP contribution in [0.3, 0.4) is 0 Å². The zero-order chi connectivity index (χ0) is 18.9. The normalized spacial score (nSPS) is 10.2. The van der Waals surface area contributed by atoms with Crippen LogP contribution in [-0.2, 0) is 25.5 Å².